The molecular formula is C20H30N2O4. The van der Waals surface area contributed by atoms with Gasteiger partial charge in [-0.05, 0) is 56.8 Å². The molecule has 7 fully saturated rings. The Hall–Kier alpha value is -0.850. The molecule has 0 N–H and O–H groups in total. The van der Waals surface area contributed by atoms with Crippen LogP contribution in [0.15, 0.2) is 0 Å². The Morgan fingerprint density at radius 2 is 1.35 bits per heavy atom. The molecule has 3 aliphatic heterocycles. The summed E-state index contributed by atoms with van der Waals surface area (Å²) in [6, 6.07) is 0.195. The van der Waals surface area contributed by atoms with E-state index in [1.807, 2.05) is 9.80 Å². The van der Waals surface area contributed by atoms with Crippen LogP contribution in [0.5, 0.6) is 0 Å². The third-order valence-electron chi connectivity index (χ3n) is 8.12. The van der Waals surface area contributed by atoms with E-state index < -0.39 is 11.6 Å². The van der Waals surface area contributed by atoms with E-state index >= 15 is 0 Å². The summed E-state index contributed by atoms with van der Waals surface area (Å²) < 4.78 is 6.71. The maximum absolute atomic E-state index is 12.6. The molecule has 2 spiro atoms. The average Bonchev–Trinajstić information content (AvgIpc) is 3.29. The predicted molar refractivity (Wildman–Crippen MR) is 92.8 cm³/mol. The number of ether oxygens (including phenoxy) is 1. The third kappa shape index (κ3) is 2.24. The van der Waals surface area contributed by atoms with Crippen molar-refractivity contribution in [3.63, 3.8) is 0 Å². The first-order valence-electron chi connectivity index (χ1n) is 10.8. The molecule has 6 heteroatoms. The maximum atomic E-state index is 12.6. The first-order valence-corrected chi connectivity index (χ1v) is 10.8. The normalized spacial score (nSPS) is 46.0. The molecule has 0 aromatic rings. The summed E-state index contributed by atoms with van der Waals surface area (Å²) in [5.41, 5.74) is 0. The Balaban J connectivity index is 1.15. The number of carbonyl (C=O) groups excluding carboxylic acids is 1. The first-order chi connectivity index (χ1) is 12.7. The molecule has 6 nitrogen and oxygen atoms in total. The number of carbonyl (C=O) groups is 1. The number of likely N-dealkylation sites (tertiary alicyclic amines) is 2. The zero-order valence-electron chi connectivity index (χ0n) is 15.5. The molecule has 0 aromatic heterocycles. The summed E-state index contributed by atoms with van der Waals surface area (Å²) >= 11 is 0. The fraction of sp³-hybridized carbons (Fsp3) is 0.950. The molecule has 4 bridgehead atoms. The highest BCUT2D eigenvalue weighted by Gasteiger charge is 2.66. The van der Waals surface area contributed by atoms with Gasteiger partial charge in [0.15, 0.2) is 0 Å². The molecular weight excluding hydrogens is 332 g/mol. The van der Waals surface area contributed by atoms with Crippen LogP contribution in [0.4, 0.5) is 4.79 Å². The van der Waals surface area contributed by atoms with Crippen LogP contribution in [-0.4, -0.2) is 53.6 Å². The van der Waals surface area contributed by atoms with E-state index in [1.54, 1.807) is 0 Å². The summed E-state index contributed by atoms with van der Waals surface area (Å²) in [5, 5.41) is 0. The highest BCUT2D eigenvalue weighted by Crippen LogP contribution is 2.63. The van der Waals surface area contributed by atoms with Crippen LogP contribution in [0.2, 0.25) is 0 Å². The van der Waals surface area contributed by atoms with Gasteiger partial charge in [-0.1, -0.05) is 0 Å². The monoisotopic (exact) mass is 362 g/mol. The van der Waals surface area contributed by atoms with Gasteiger partial charge in [0.1, 0.15) is 0 Å². The first kappa shape index (κ1) is 16.1. The lowest BCUT2D eigenvalue weighted by Crippen LogP contribution is -2.60. The molecule has 2 amide bonds. The zero-order chi connectivity index (χ0) is 17.4. The lowest BCUT2D eigenvalue weighted by Gasteiger charge is -2.57. The second-order valence-corrected chi connectivity index (χ2v) is 9.67. The van der Waals surface area contributed by atoms with Crippen molar-refractivity contribution in [1.29, 1.82) is 0 Å². The van der Waals surface area contributed by atoms with Crippen molar-refractivity contribution in [3.05, 3.63) is 0 Å². The van der Waals surface area contributed by atoms with Crippen molar-refractivity contribution in [2.75, 3.05) is 26.2 Å². The van der Waals surface area contributed by atoms with Gasteiger partial charge in [-0.2, -0.15) is 9.78 Å². The number of urea groups is 1. The van der Waals surface area contributed by atoms with Crippen LogP contribution in [0.1, 0.15) is 57.8 Å². The van der Waals surface area contributed by atoms with Crippen LogP contribution in [0.25, 0.3) is 0 Å². The summed E-state index contributed by atoms with van der Waals surface area (Å²) in [6.45, 7) is 3.22. The van der Waals surface area contributed by atoms with Gasteiger partial charge in [0.2, 0.25) is 11.6 Å². The summed E-state index contributed by atoms with van der Waals surface area (Å²) in [5.74, 6) is 1.65. The SMILES string of the molecule is O=C(N1CCCC1)N1CCC2(CC1)OOC1(O2)C2CC3CC(C2)CC1C3. The van der Waals surface area contributed by atoms with E-state index in [1.165, 1.54) is 32.1 Å². The summed E-state index contributed by atoms with van der Waals surface area (Å²) in [4.78, 5) is 28.6. The van der Waals surface area contributed by atoms with Crippen molar-refractivity contribution in [1.82, 2.24) is 9.80 Å². The summed E-state index contributed by atoms with van der Waals surface area (Å²) in [6.07, 6.45) is 10.1. The molecule has 7 aliphatic rings. The van der Waals surface area contributed by atoms with E-state index in [2.05, 4.69) is 0 Å². The standard InChI is InChI=1S/C20H30N2O4/c23-18(21-5-1-2-6-21)22-7-3-19(4-8-22)24-20(26-25-19)16-10-14-9-15(12-16)13-17(20)11-14/h14-17H,1-13H2. The van der Waals surface area contributed by atoms with Gasteiger partial charge < -0.3 is 14.5 Å². The van der Waals surface area contributed by atoms with Gasteiger partial charge in [0.05, 0.1) is 0 Å². The zero-order valence-corrected chi connectivity index (χ0v) is 15.5. The van der Waals surface area contributed by atoms with Crippen LogP contribution in [0, 0.1) is 23.7 Å². The van der Waals surface area contributed by atoms with Gasteiger partial charge in [0, 0.05) is 50.9 Å². The largest absolute Gasteiger partial charge is 0.325 e. The molecule has 7 rings (SSSR count). The van der Waals surface area contributed by atoms with Crippen LogP contribution in [0.3, 0.4) is 0 Å². The molecule has 4 saturated carbocycles. The maximum Gasteiger partial charge on any atom is 0.320 e. The minimum absolute atomic E-state index is 0.195. The minimum atomic E-state index is -0.628. The van der Waals surface area contributed by atoms with Crippen LogP contribution >= 0.6 is 0 Å². The molecule has 0 aromatic carbocycles. The fourth-order valence-electron chi connectivity index (χ4n) is 6.94. The Morgan fingerprint density at radius 3 is 1.96 bits per heavy atom. The highest BCUT2D eigenvalue weighted by atomic mass is 17.3. The van der Waals surface area contributed by atoms with E-state index in [0.29, 0.717) is 24.9 Å². The molecule has 3 heterocycles. The van der Waals surface area contributed by atoms with Crippen molar-refractivity contribution in [3.8, 4) is 0 Å². The lowest BCUT2D eigenvalue weighted by atomic mass is 9.53. The second kappa shape index (κ2) is 5.58. The Labute approximate surface area is 155 Å². The minimum Gasteiger partial charge on any atom is -0.325 e. The van der Waals surface area contributed by atoms with Crippen molar-refractivity contribution >= 4 is 6.03 Å². The summed E-state index contributed by atoms with van der Waals surface area (Å²) in [7, 11) is 0. The molecule has 0 radical (unpaired) electrons. The molecule has 3 saturated heterocycles. The quantitative estimate of drug-likeness (QED) is 0.621. The highest BCUT2D eigenvalue weighted by molar-refractivity contribution is 5.74. The number of hydrogen-bond donors (Lipinski definition) is 0. The lowest BCUT2D eigenvalue weighted by molar-refractivity contribution is -0.390. The van der Waals surface area contributed by atoms with Gasteiger partial charge in [-0.3, -0.25) is 0 Å². The van der Waals surface area contributed by atoms with E-state index in [9.17, 15) is 4.79 Å². The third-order valence-corrected chi connectivity index (χ3v) is 8.12. The van der Waals surface area contributed by atoms with E-state index in [0.717, 1.165) is 50.6 Å². The van der Waals surface area contributed by atoms with Gasteiger partial charge in [-0.15, -0.1) is 0 Å². The number of amides is 2. The van der Waals surface area contributed by atoms with Crippen molar-refractivity contribution < 1.29 is 19.3 Å². The van der Waals surface area contributed by atoms with Crippen molar-refractivity contribution in [2.24, 2.45) is 23.7 Å². The van der Waals surface area contributed by atoms with Crippen LogP contribution in [-0.2, 0) is 14.5 Å². The van der Waals surface area contributed by atoms with Crippen molar-refractivity contribution in [2.45, 2.75) is 69.4 Å². The Morgan fingerprint density at radius 1 is 0.769 bits per heavy atom. The van der Waals surface area contributed by atoms with E-state index in [-0.39, 0.29) is 6.03 Å². The second-order valence-electron chi connectivity index (χ2n) is 9.67. The molecule has 0 atom stereocenters. The predicted octanol–water partition coefficient (Wildman–Crippen LogP) is 3.13. The number of hydrogen-bond acceptors (Lipinski definition) is 4. The van der Waals surface area contributed by atoms with Gasteiger partial charge in [-0.25, -0.2) is 4.79 Å². The average molecular weight is 362 g/mol. The number of nitrogens with zero attached hydrogens (tertiary/aromatic N) is 2. The van der Waals surface area contributed by atoms with Gasteiger partial charge >= 0.3 is 6.03 Å². The Kier molecular flexibility index (Phi) is 3.46. The van der Waals surface area contributed by atoms with Gasteiger partial charge in [0.25, 0.3) is 0 Å². The number of piperidine rings is 1. The van der Waals surface area contributed by atoms with E-state index in [4.69, 9.17) is 14.5 Å². The molecule has 26 heavy (non-hydrogen) atoms. The molecule has 4 aliphatic carbocycles. The topological polar surface area (TPSA) is 51.2 Å². The smallest absolute Gasteiger partial charge is 0.320 e. The Bertz CT molecular complexity index is 567. The molecule has 0 unspecified atom stereocenters. The molecule has 144 valence electrons. The van der Waals surface area contributed by atoms with Crippen LogP contribution < -0.4 is 0 Å². The number of rotatable bonds is 0. The fourth-order valence-corrected chi connectivity index (χ4v) is 6.94.